The van der Waals surface area contributed by atoms with E-state index in [9.17, 15) is 14.7 Å². The summed E-state index contributed by atoms with van der Waals surface area (Å²) in [6, 6.07) is 0. The maximum atomic E-state index is 12.4. The molecule has 0 bridgehead atoms. The van der Waals surface area contributed by atoms with Gasteiger partial charge in [0.25, 0.3) is 0 Å². The van der Waals surface area contributed by atoms with Crippen molar-refractivity contribution in [3.05, 3.63) is 85.1 Å². The minimum Gasteiger partial charge on any atom is -0.462 e. The second-order valence-electron chi connectivity index (χ2n) is 29.2. The third kappa shape index (κ3) is 83.5. The Balaban J connectivity index is 3.36. The van der Waals surface area contributed by atoms with Crippen LogP contribution in [-0.2, 0) is 19.1 Å². The summed E-state index contributed by atoms with van der Waals surface area (Å²) in [5, 5.41) is 9.74. The van der Waals surface area contributed by atoms with E-state index in [1.807, 2.05) is 0 Å². The van der Waals surface area contributed by atoms with Crippen molar-refractivity contribution in [2.45, 2.75) is 469 Å². The monoisotopic (exact) mass is 1340 g/mol. The minimum absolute atomic E-state index is 0.0599. The molecule has 0 aliphatic carbocycles. The fourth-order valence-corrected chi connectivity index (χ4v) is 13.3. The van der Waals surface area contributed by atoms with Gasteiger partial charge in [-0.1, -0.05) is 446 Å². The molecule has 0 aromatic heterocycles. The third-order valence-corrected chi connectivity index (χ3v) is 19.7. The quantitative estimate of drug-likeness (QED) is 0.0373. The van der Waals surface area contributed by atoms with E-state index >= 15 is 0 Å². The van der Waals surface area contributed by atoms with Crippen LogP contribution >= 0.6 is 0 Å². The molecule has 1 N–H and O–H groups in total. The predicted molar refractivity (Wildman–Crippen MR) is 426 cm³/mol. The predicted octanol–water partition coefficient (Wildman–Crippen LogP) is 30.7. The number of carbonyl (C=O) groups is 2. The first-order valence-electron chi connectivity index (χ1n) is 43.1. The van der Waals surface area contributed by atoms with Crippen LogP contribution in [0, 0.1) is 0 Å². The van der Waals surface area contributed by atoms with Crippen molar-refractivity contribution in [3.63, 3.8) is 0 Å². The molecule has 5 nitrogen and oxygen atoms in total. The van der Waals surface area contributed by atoms with Crippen LogP contribution in [0.3, 0.4) is 0 Å². The van der Waals surface area contributed by atoms with Crippen LogP contribution in [0.1, 0.15) is 463 Å². The molecule has 560 valence electrons. The summed E-state index contributed by atoms with van der Waals surface area (Å²) < 4.78 is 10.8. The number of ether oxygens (including phenoxy) is 2. The molecule has 0 rings (SSSR count). The van der Waals surface area contributed by atoms with Crippen molar-refractivity contribution < 1.29 is 24.2 Å². The summed E-state index contributed by atoms with van der Waals surface area (Å²) in [4.78, 5) is 24.8. The van der Waals surface area contributed by atoms with Gasteiger partial charge in [-0.2, -0.15) is 0 Å². The second kappa shape index (κ2) is 86.3. The fraction of sp³-hybridized carbons (Fsp3) is 0.824. The van der Waals surface area contributed by atoms with E-state index < -0.39 is 6.10 Å². The van der Waals surface area contributed by atoms with E-state index in [1.54, 1.807) is 0 Å². The van der Waals surface area contributed by atoms with Crippen LogP contribution in [0.2, 0.25) is 0 Å². The van der Waals surface area contributed by atoms with Gasteiger partial charge in [-0.25, -0.2) is 0 Å². The molecule has 0 radical (unpaired) electrons. The van der Waals surface area contributed by atoms with Crippen LogP contribution < -0.4 is 0 Å². The minimum atomic E-state index is -0.772. The van der Waals surface area contributed by atoms with E-state index in [1.165, 1.54) is 360 Å². The third-order valence-electron chi connectivity index (χ3n) is 19.7. The Morgan fingerprint density at radius 3 is 0.677 bits per heavy atom. The molecule has 0 aromatic rings. The summed E-state index contributed by atoms with van der Waals surface area (Å²) in [7, 11) is 0. The highest BCUT2D eigenvalue weighted by atomic mass is 16.6. The Bertz CT molecular complexity index is 1720. The molecule has 0 heterocycles. The number of hydrogen-bond donors (Lipinski definition) is 1. The maximum absolute atomic E-state index is 12.4. The zero-order chi connectivity index (χ0) is 69.0. The molecule has 0 amide bonds. The number of allylic oxidation sites excluding steroid dienone is 14. The normalized spacial score (nSPS) is 12.6. The number of hydrogen-bond acceptors (Lipinski definition) is 5. The first kappa shape index (κ1) is 93.1. The molecule has 96 heavy (non-hydrogen) atoms. The van der Waals surface area contributed by atoms with Gasteiger partial charge in [0.15, 0.2) is 6.10 Å². The molecule has 0 saturated heterocycles. The molecule has 0 aliphatic heterocycles. The number of aliphatic hydroxyl groups excluding tert-OH is 1. The highest BCUT2D eigenvalue weighted by Gasteiger charge is 2.16. The number of esters is 2. The van der Waals surface area contributed by atoms with Crippen LogP contribution in [-0.4, -0.2) is 36.4 Å². The lowest BCUT2D eigenvalue weighted by Crippen LogP contribution is -2.28. The van der Waals surface area contributed by atoms with Crippen molar-refractivity contribution in [2.24, 2.45) is 0 Å². The van der Waals surface area contributed by atoms with Gasteiger partial charge in [-0.15, -0.1) is 0 Å². The van der Waals surface area contributed by atoms with Gasteiger partial charge in [0.1, 0.15) is 6.61 Å². The highest BCUT2D eigenvalue weighted by Crippen LogP contribution is 2.20. The average Bonchev–Trinajstić information content (AvgIpc) is 3.79. The van der Waals surface area contributed by atoms with Gasteiger partial charge in [-0.05, 0) is 89.9 Å². The van der Waals surface area contributed by atoms with Gasteiger partial charge in [0.2, 0.25) is 0 Å². The zero-order valence-corrected chi connectivity index (χ0v) is 64.7. The van der Waals surface area contributed by atoms with E-state index in [4.69, 9.17) is 9.47 Å². The topological polar surface area (TPSA) is 72.8 Å². The lowest BCUT2D eigenvalue weighted by atomic mass is 10.0. The highest BCUT2D eigenvalue weighted by molar-refractivity contribution is 5.70. The van der Waals surface area contributed by atoms with E-state index in [0.717, 1.165) is 77.0 Å². The SMILES string of the molecule is CC/C=C\C/C=C\C/C=C\C/C=C\CCCCCCCCCCCCCCCCCCCCCCCCCCCCCCC(=O)OC(CO)COC(=O)CCCCCCCCCCCCCCCCCCCCCCCCCCCC/C=C\C/C=C\C/C=C\CCCCCCC. The van der Waals surface area contributed by atoms with Crippen LogP contribution in [0.15, 0.2) is 85.1 Å². The van der Waals surface area contributed by atoms with Crippen LogP contribution in [0.25, 0.3) is 0 Å². The smallest absolute Gasteiger partial charge is 0.306 e. The van der Waals surface area contributed by atoms with E-state index in [0.29, 0.717) is 12.8 Å². The first-order valence-corrected chi connectivity index (χ1v) is 43.1. The van der Waals surface area contributed by atoms with Crippen molar-refractivity contribution in [1.82, 2.24) is 0 Å². The molecule has 5 heteroatoms. The molecular formula is C91H166O5. The lowest BCUT2D eigenvalue weighted by Gasteiger charge is -2.15. The molecule has 0 saturated carbocycles. The van der Waals surface area contributed by atoms with Crippen LogP contribution in [0.5, 0.6) is 0 Å². The van der Waals surface area contributed by atoms with Crippen molar-refractivity contribution in [3.8, 4) is 0 Å². The molecule has 0 aliphatic rings. The molecular weight excluding hydrogens is 1170 g/mol. The van der Waals surface area contributed by atoms with Gasteiger partial charge >= 0.3 is 11.9 Å². The maximum Gasteiger partial charge on any atom is 0.306 e. The molecule has 1 atom stereocenters. The molecule has 0 aromatic carbocycles. The number of aliphatic hydroxyl groups is 1. The molecule has 0 fully saturated rings. The molecule has 1 unspecified atom stereocenters. The Hall–Kier alpha value is -2.92. The van der Waals surface area contributed by atoms with Gasteiger partial charge in [-0.3, -0.25) is 9.59 Å². The summed E-state index contributed by atoms with van der Waals surface area (Å²) in [5.41, 5.74) is 0. The van der Waals surface area contributed by atoms with E-state index in [2.05, 4.69) is 98.9 Å². The van der Waals surface area contributed by atoms with Crippen LogP contribution in [0.4, 0.5) is 0 Å². The fourth-order valence-electron chi connectivity index (χ4n) is 13.3. The van der Waals surface area contributed by atoms with Gasteiger partial charge in [0.05, 0.1) is 6.61 Å². The summed E-state index contributed by atoms with van der Waals surface area (Å²) in [6.07, 6.45) is 123. The van der Waals surface area contributed by atoms with Crippen molar-refractivity contribution in [2.75, 3.05) is 13.2 Å². The summed E-state index contributed by atoms with van der Waals surface area (Å²) >= 11 is 0. The molecule has 0 spiro atoms. The Morgan fingerprint density at radius 2 is 0.448 bits per heavy atom. The standard InChI is InChI=1S/C91H166O5/c1-3-5-7-9-11-13-15-17-19-21-23-25-27-29-31-33-35-37-39-41-43-45-47-49-51-53-55-57-59-61-63-65-67-69-71-73-75-77-79-81-83-85-90(93)95-88-89(87-92)96-91(94)86-84-82-80-78-76-74-72-70-68-66-64-62-60-58-56-54-52-50-48-46-44-42-40-38-36-34-32-30-28-26-24-22-20-18-16-14-12-10-8-6-4-2/h6,8,12,14-15,17-18,20-21,23-24,26-27,29,89,92H,3-5,7,9-11,13,16,19,22,25,28,30-88H2,1-2H3/b8-6-,14-12-,17-15-,20-18-,23-21-,26-24-,29-27-. The van der Waals surface area contributed by atoms with Gasteiger partial charge < -0.3 is 14.6 Å². The first-order chi connectivity index (χ1) is 47.6. The summed E-state index contributed by atoms with van der Waals surface area (Å²) in [5.74, 6) is -0.563. The Kier molecular flexibility index (Phi) is 83.7. The summed E-state index contributed by atoms with van der Waals surface area (Å²) in [6.45, 7) is 4.08. The largest absolute Gasteiger partial charge is 0.462 e. The number of carbonyl (C=O) groups excluding carboxylic acids is 2. The lowest BCUT2D eigenvalue weighted by molar-refractivity contribution is -0.161. The van der Waals surface area contributed by atoms with Crippen molar-refractivity contribution in [1.29, 1.82) is 0 Å². The Labute approximate surface area is 600 Å². The van der Waals surface area contributed by atoms with E-state index in [-0.39, 0.29) is 25.2 Å². The number of unbranched alkanes of at least 4 members (excludes halogenated alkanes) is 59. The average molecular weight is 1340 g/mol. The van der Waals surface area contributed by atoms with Gasteiger partial charge in [0, 0.05) is 12.8 Å². The number of rotatable bonds is 81. The second-order valence-corrected chi connectivity index (χ2v) is 29.2. The van der Waals surface area contributed by atoms with Crippen molar-refractivity contribution >= 4 is 11.9 Å². The zero-order valence-electron chi connectivity index (χ0n) is 64.7. The Morgan fingerprint density at radius 1 is 0.250 bits per heavy atom.